The second-order valence-corrected chi connectivity index (χ2v) is 4.62. The van der Waals surface area contributed by atoms with Crippen molar-refractivity contribution in [3.63, 3.8) is 0 Å². The molecule has 0 fully saturated rings. The van der Waals surface area contributed by atoms with Gasteiger partial charge in [0, 0.05) is 22.3 Å². The van der Waals surface area contributed by atoms with Gasteiger partial charge in [-0.2, -0.15) is 0 Å². The van der Waals surface area contributed by atoms with Crippen LogP contribution in [0.3, 0.4) is 0 Å². The van der Waals surface area contributed by atoms with Crippen molar-refractivity contribution in [2.24, 2.45) is 0 Å². The van der Waals surface area contributed by atoms with E-state index in [2.05, 4.69) is 50.1 Å². The molecule has 3 heteroatoms. The molecule has 2 atom stereocenters. The van der Waals surface area contributed by atoms with Crippen LogP contribution in [0.4, 0.5) is 0 Å². The summed E-state index contributed by atoms with van der Waals surface area (Å²) in [5, 5.41) is 7.11. The Balaban J connectivity index is 4.01. The fourth-order valence-electron chi connectivity index (χ4n) is 1.20. The third-order valence-electron chi connectivity index (χ3n) is 2.54. The summed E-state index contributed by atoms with van der Waals surface area (Å²) in [7, 11) is 1.13. The average Bonchev–Trinajstić information content (AvgIpc) is 2.17. The highest BCUT2D eigenvalue weighted by atomic mass is 28.1. The van der Waals surface area contributed by atoms with Crippen LogP contribution < -0.4 is 10.6 Å². The Morgan fingerprint density at radius 3 is 1.79 bits per heavy atom. The molecule has 0 aliphatic carbocycles. The van der Waals surface area contributed by atoms with E-state index in [9.17, 15) is 0 Å². The van der Waals surface area contributed by atoms with E-state index in [1.54, 1.807) is 0 Å². The first-order valence-electron chi connectivity index (χ1n) is 5.78. The van der Waals surface area contributed by atoms with E-state index in [1.807, 2.05) is 0 Å². The van der Waals surface area contributed by atoms with Crippen LogP contribution in [-0.2, 0) is 0 Å². The fraction of sp³-hybridized carbons (Fsp3) is 0.818. The third kappa shape index (κ3) is 6.35. The largest absolute Gasteiger partial charge is 0.296 e. The summed E-state index contributed by atoms with van der Waals surface area (Å²) in [6.07, 6.45) is 4.93. The molecule has 0 aliphatic heterocycles. The van der Waals surface area contributed by atoms with Gasteiger partial charge in [-0.15, -0.1) is 5.70 Å². The summed E-state index contributed by atoms with van der Waals surface area (Å²) in [6, 6.07) is 1.16. The Bertz CT molecular complexity index is 147. The molecular formula is C11H26N2Si. The van der Waals surface area contributed by atoms with Crippen molar-refractivity contribution in [1.82, 2.24) is 10.6 Å². The van der Waals surface area contributed by atoms with Gasteiger partial charge >= 0.3 is 0 Å². The number of nitrogens with one attached hydrogen (secondary N) is 2. The van der Waals surface area contributed by atoms with E-state index in [4.69, 9.17) is 0 Å². The van der Waals surface area contributed by atoms with E-state index in [1.165, 1.54) is 12.8 Å². The van der Waals surface area contributed by atoms with Crippen LogP contribution in [-0.4, -0.2) is 28.5 Å². The first-order chi connectivity index (χ1) is 6.63. The lowest BCUT2D eigenvalue weighted by Crippen LogP contribution is -2.48. The topological polar surface area (TPSA) is 24.1 Å². The van der Waals surface area contributed by atoms with Gasteiger partial charge < -0.3 is 0 Å². The van der Waals surface area contributed by atoms with Crippen LogP contribution >= 0.6 is 0 Å². The van der Waals surface area contributed by atoms with Crippen LogP contribution in [0.25, 0.3) is 0 Å². The molecule has 0 rings (SSSR count). The van der Waals surface area contributed by atoms with Crippen molar-refractivity contribution >= 4 is 10.2 Å². The molecule has 14 heavy (non-hydrogen) atoms. The SMILES string of the molecule is CCC(C)NC(C=C[SiH3])NC(C)CC. The first kappa shape index (κ1) is 13.9. The van der Waals surface area contributed by atoms with Crippen LogP contribution in [0.2, 0.25) is 0 Å². The molecule has 0 bridgehead atoms. The van der Waals surface area contributed by atoms with Crippen molar-refractivity contribution in [1.29, 1.82) is 0 Å². The highest BCUT2D eigenvalue weighted by Gasteiger charge is 2.09. The van der Waals surface area contributed by atoms with Gasteiger partial charge in [-0.05, 0) is 26.7 Å². The van der Waals surface area contributed by atoms with Gasteiger partial charge in [0.15, 0.2) is 0 Å². The zero-order chi connectivity index (χ0) is 11.0. The normalized spacial score (nSPS) is 18.6. The van der Waals surface area contributed by atoms with E-state index in [0.717, 1.165) is 10.2 Å². The summed E-state index contributed by atoms with van der Waals surface area (Å²) in [5.74, 6) is 0. The maximum Gasteiger partial charge on any atom is 0.0764 e. The standard InChI is InChI=1S/C11H26N2Si/c1-5-9(3)12-11(7-8-14)13-10(4)6-2/h7-13H,5-6H2,1-4,14H3. The van der Waals surface area contributed by atoms with Crippen LogP contribution in [0.15, 0.2) is 11.8 Å². The van der Waals surface area contributed by atoms with Gasteiger partial charge in [0.25, 0.3) is 0 Å². The van der Waals surface area contributed by atoms with Gasteiger partial charge in [-0.1, -0.05) is 19.9 Å². The van der Waals surface area contributed by atoms with Crippen molar-refractivity contribution < 1.29 is 0 Å². The van der Waals surface area contributed by atoms with Crippen LogP contribution in [0.1, 0.15) is 40.5 Å². The average molecular weight is 214 g/mol. The Labute approximate surface area is 92.0 Å². The zero-order valence-electron chi connectivity index (χ0n) is 10.3. The van der Waals surface area contributed by atoms with Crippen molar-refractivity contribution in [2.45, 2.75) is 58.8 Å². The summed E-state index contributed by atoms with van der Waals surface area (Å²) >= 11 is 0. The molecule has 2 N–H and O–H groups in total. The Hall–Kier alpha value is -0.123. The van der Waals surface area contributed by atoms with Gasteiger partial charge in [0.1, 0.15) is 0 Å². The second-order valence-electron chi connectivity index (χ2n) is 3.96. The van der Waals surface area contributed by atoms with E-state index in [-0.39, 0.29) is 0 Å². The highest BCUT2D eigenvalue weighted by molar-refractivity contribution is 6.17. The molecule has 0 amide bonds. The second kappa shape index (κ2) is 8.21. The fourth-order valence-corrected chi connectivity index (χ4v) is 1.59. The summed E-state index contributed by atoms with van der Waals surface area (Å²) in [5.41, 5.74) is 2.23. The molecule has 0 aromatic rings. The van der Waals surface area contributed by atoms with Gasteiger partial charge in [-0.25, -0.2) is 0 Å². The summed E-state index contributed by atoms with van der Waals surface area (Å²) in [6.45, 7) is 8.88. The molecule has 0 saturated heterocycles. The number of hydrogen-bond donors (Lipinski definition) is 2. The lowest BCUT2D eigenvalue weighted by molar-refractivity contribution is 0.387. The molecule has 0 spiro atoms. The molecule has 2 unspecified atom stereocenters. The van der Waals surface area contributed by atoms with E-state index < -0.39 is 0 Å². The summed E-state index contributed by atoms with van der Waals surface area (Å²) in [4.78, 5) is 0. The number of hydrogen-bond acceptors (Lipinski definition) is 2. The third-order valence-corrected chi connectivity index (χ3v) is 2.92. The van der Waals surface area contributed by atoms with E-state index >= 15 is 0 Å². The minimum absolute atomic E-state index is 0.345. The molecule has 0 aliphatic rings. The lowest BCUT2D eigenvalue weighted by atomic mass is 10.2. The molecular weight excluding hydrogens is 188 g/mol. The molecule has 2 nitrogen and oxygen atoms in total. The van der Waals surface area contributed by atoms with Crippen molar-refractivity contribution in [2.75, 3.05) is 0 Å². The number of rotatable bonds is 7. The predicted octanol–water partition coefficient (Wildman–Crippen LogP) is 0.968. The molecule has 0 saturated carbocycles. The zero-order valence-corrected chi connectivity index (χ0v) is 12.3. The summed E-state index contributed by atoms with van der Waals surface area (Å²) < 4.78 is 0. The molecule has 0 aromatic heterocycles. The maximum atomic E-state index is 3.56. The lowest BCUT2D eigenvalue weighted by Gasteiger charge is -2.24. The molecule has 84 valence electrons. The first-order valence-corrected chi connectivity index (χ1v) is 6.94. The monoisotopic (exact) mass is 214 g/mol. The Morgan fingerprint density at radius 2 is 1.50 bits per heavy atom. The quantitative estimate of drug-likeness (QED) is 0.487. The van der Waals surface area contributed by atoms with Gasteiger partial charge in [-0.3, -0.25) is 10.6 Å². The Morgan fingerprint density at radius 1 is 1.07 bits per heavy atom. The smallest absolute Gasteiger partial charge is 0.0764 e. The Kier molecular flexibility index (Phi) is 8.13. The van der Waals surface area contributed by atoms with Crippen LogP contribution in [0.5, 0.6) is 0 Å². The van der Waals surface area contributed by atoms with E-state index in [0.29, 0.717) is 18.2 Å². The van der Waals surface area contributed by atoms with Crippen molar-refractivity contribution in [3.8, 4) is 0 Å². The highest BCUT2D eigenvalue weighted by Crippen LogP contribution is 1.95. The molecule has 0 heterocycles. The van der Waals surface area contributed by atoms with Crippen LogP contribution in [0, 0.1) is 0 Å². The molecule has 0 radical (unpaired) electrons. The van der Waals surface area contributed by atoms with Gasteiger partial charge in [0.05, 0.1) is 6.17 Å². The predicted molar refractivity (Wildman–Crippen MR) is 68.6 cm³/mol. The minimum atomic E-state index is 0.345. The molecule has 0 aromatic carbocycles. The maximum absolute atomic E-state index is 3.56. The van der Waals surface area contributed by atoms with Gasteiger partial charge in [0.2, 0.25) is 0 Å². The minimum Gasteiger partial charge on any atom is -0.296 e. The van der Waals surface area contributed by atoms with Crippen molar-refractivity contribution in [3.05, 3.63) is 11.8 Å².